The first-order chi connectivity index (χ1) is 15.4. The molecule has 1 aliphatic rings. The molecular weight excluding hydrogens is 399 g/mol. The van der Waals surface area contributed by atoms with Crippen molar-refractivity contribution >= 4 is 22.5 Å². The second-order valence-electron chi connectivity index (χ2n) is 8.73. The van der Waals surface area contributed by atoms with Gasteiger partial charge in [-0.05, 0) is 69.0 Å². The number of fused-ring (bicyclic) bond motifs is 2. The van der Waals surface area contributed by atoms with Crippen molar-refractivity contribution in [3.05, 3.63) is 94.8 Å². The number of aromatic nitrogens is 1. The summed E-state index contributed by atoms with van der Waals surface area (Å²) in [6, 6.07) is 20.6. The summed E-state index contributed by atoms with van der Waals surface area (Å²) in [5.74, 6) is -0.445. The summed E-state index contributed by atoms with van der Waals surface area (Å²) in [6.07, 6.45) is 1.68. The van der Waals surface area contributed by atoms with Crippen LogP contribution in [-0.4, -0.2) is 16.9 Å². The number of hydrogen-bond donors (Lipinski definition) is 0. The van der Waals surface area contributed by atoms with Crippen LogP contribution in [0.5, 0.6) is 0 Å². The first-order valence-electron chi connectivity index (χ1n) is 11.0. The fraction of sp³-hybridized carbons (Fsp3) is 0.214. The minimum absolute atomic E-state index is 0.0201. The van der Waals surface area contributed by atoms with Gasteiger partial charge < -0.3 is 4.90 Å². The zero-order chi connectivity index (χ0) is 22.4. The third kappa shape index (κ3) is 3.46. The SMILES string of the molecule is Cc1ccc(-c2cc(C(=O)N3c4cc(F)ccc4CCC3C)c3ccccc3n2)c(C)c1. The normalized spacial score (nSPS) is 15.6. The van der Waals surface area contributed by atoms with Crippen molar-refractivity contribution in [3.63, 3.8) is 0 Å². The van der Waals surface area contributed by atoms with E-state index in [0.717, 1.165) is 46.1 Å². The average molecular weight is 425 g/mol. The molecule has 1 atom stereocenters. The third-order valence-electron chi connectivity index (χ3n) is 6.40. The Kier molecular flexibility index (Phi) is 5.01. The lowest BCUT2D eigenvalue weighted by Gasteiger charge is -2.35. The molecule has 5 rings (SSSR count). The number of nitrogens with zero attached hydrogens (tertiary/aromatic N) is 2. The minimum atomic E-state index is -0.328. The molecule has 0 N–H and O–H groups in total. The van der Waals surface area contributed by atoms with E-state index >= 15 is 0 Å². The number of pyridine rings is 1. The lowest BCUT2D eigenvalue weighted by Crippen LogP contribution is -2.42. The summed E-state index contributed by atoms with van der Waals surface area (Å²) in [5, 5.41) is 0.807. The molecular formula is C28H25FN2O. The smallest absolute Gasteiger partial charge is 0.259 e. The molecule has 0 fully saturated rings. The summed E-state index contributed by atoms with van der Waals surface area (Å²) < 4.78 is 14.1. The van der Waals surface area contributed by atoms with Gasteiger partial charge in [-0.3, -0.25) is 4.79 Å². The summed E-state index contributed by atoms with van der Waals surface area (Å²) >= 11 is 0. The van der Waals surface area contributed by atoms with Gasteiger partial charge in [0.2, 0.25) is 0 Å². The number of carbonyl (C=O) groups is 1. The van der Waals surface area contributed by atoms with E-state index in [-0.39, 0.29) is 17.8 Å². The molecule has 32 heavy (non-hydrogen) atoms. The van der Waals surface area contributed by atoms with Crippen molar-refractivity contribution < 1.29 is 9.18 Å². The molecule has 0 saturated heterocycles. The molecule has 1 amide bonds. The number of carbonyl (C=O) groups excluding carboxylic acids is 1. The van der Waals surface area contributed by atoms with Crippen LogP contribution in [0.25, 0.3) is 22.2 Å². The van der Waals surface area contributed by atoms with Crippen LogP contribution in [0.3, 0.4) is 0 Å². The van der Waals surface area contributed by atoms with Gasteiger partial charge in [-0.1, -0.05) is 48.0 Å². The molecule has 1 aromatic heterocycles. The van der Waals surface area contributed by atoms with E-state index in [1.165, 1.54) is 17.7 Å². The quantitative estimate of drug-likeness (QED) is 0.361. The molecule has 0 aliphatic carbocycles. The van der Waals surface area contributed by atoms with Crippen molar-refractivity contribution in [1.29, 1.82) is 0 Å². The molecule has 2 heterocycles. The molecule has 0 saturated carbocycles. The summed E-state index contributed by atoms with van der Waals surface area (Å²) in [6.45, 7) is 6.15. The number of hydrogen-bond acceptors (Lipinski definition) is 2. The topological polar surface area (TPSA) is 33.2 Å². The number of halogens is 1. The van der Waals surface area contributed by atoms with Crippen molar-refractivity contribution in [2.45, 2.75) is 39.7 Å². The Hall–Kier alpha value is -3.53. The Labute approximate surface area is 187 Å². The molecule has 0 radical (unpaired) electrons. The minimum Gasteiger partial charge on any atom is -0.305 e. The van der Waals surface area contributed by atoms with Crippen LogP contribution in [0, 0.1) is 19.7 Å². The number of anilines is 1. The molecule has 4 aromatic rings. The number of aryl methyl sites for hydroxylation is 3. The monoisotopic (exact) mass is 424 g/mol. The van der Waals surface area contributed by atoms with E-state index in [2.05, 4.69) is 32.0 Å². The second-order valence-corrected chi connectivity index (χ2v) is 8.73. The van der Waals surface area contributed by atoms with Gasteiger partial charge in [0.15, 0.2) is 0 Å². The van der Waals surface area contributed by atoms with Gasteiger partial charge in [0, 0.05) is 17.0 Å². The molecule has 1 unspecified atom stereocenters. The highest BCUT2D eigenvalue weighted by Crippen LogP contribution is 2.35. The van der Waals surface area contributed by atoms with Crippen LogP contribution in [0.2, 0.25) is 0 Å². The predicted molar refractivity (Wildman–Crippen MR) is 128 cm³/mol. The van der Waals surface area contributed by atoms with Crippen LogP contribution >= 0.6 is 0 Å². The Bertz CT molecular complexity index is 1360. The van der Waals surface area contributed by atoms with Crippen LogP contribution < -0.4 is 4.90 Å². The zero-order valence-corrected chi connectivity index (χ0v) is 18.5. The van der Waals surface area contributed by atoms with E-state index < -0.39 is 0 Å². The predicted octanol–water partition coefficient (Wildman–Crippen LogP) is 6.64. The number of rotatable bonds is 2. The van der Waals surface area contributed by atoms with Gasteiger partial charge in [0.25, 0.3) is 5.91 Å². The van der Waals surface area contributed by atoms with Gasteiger partial charge in [-0.25, -0.2) is 9.37 Å². The van der Waals surface area contributed by atoms with Crippen molar-refractivity contribution in [3.8, 4) is 11.3 Å². The van der Waals surface area contributed by atoms with Gasteiger partial charge in [0.1, 0.15) is 5.82 Å². The van der Waals surface area contributed by atoms with E-state index in [1.807, 2.05) is 37.3 Å². The van der Waals surface area contributed by atoms with Crippen LogP contribution in [0.15, 0.2) is 66.7 Å². The van der Waals surface area contributed by atoms with E-state index in [0.29, 0.717) is 11.3 Å². The highest BCUT2D eigenvalue weighted by Gasteiger charge is 2.30. The van der Waals surface area contributed by atoms with Crippen LogP contribution in [0.4, 0.5) is 10.1 Å². The lowest BCUT2D eigenvalue weighted by atomic mass is 9.94. The standard InChI is InChI=1S/C28H25FN2O/c1-17-8-13-22(18(2)14-17)26-16-24(23-6-4-5-7-25(23)30-26)28(32)31-19(3)9-10-20-11-12-21(29)15-27(20)31/h4-8,11-16,19H,9-10H2,1-3H3. The summed E-state index contributed by atoms with van der Waals surface area (Å²) in [5.41, 5.74) is 7.12. The molecule has 160 valence electrons. The molecule has 4 heteroatoms. The number of para-hydroxylation sites is 1. The second kappa shape index (κ2) is 7.86. The highest BCUT2D eigenvalue weighted by molar-refractivity contribution is 6.15. The summed E-state index contributed by atoms with van der Waals surface area (Å²) in [7, 11) is 0. The molecule has 3 aromatic carbocycles. The first kappa shape index (κ1) is 20.4. The Morgan fingerprint density at radius 2 is 1.84 bits per heavy atom. The highest BCUT2D eigenvalue weighted by atomic mass is 19.1. The van der Waals surface area contributed by atoms with Crippen molar-refractivity contribution in [2.24, 2.45) is 0 Å². The maximum Gasteiger partial charge on any atom is 0.259 e. The van der Waals surface area contributed by atoms with Gasteiger partial charge in [0.05, 0.1) is 22.5 Å². The van der Waals surface area contributed by atoms with Crippen LogP contribution in [-0.2, 0) is 6.42 Å². The Morgan fingerprint density at radius 3 is 2.66 bits per heavy atom. The molecule has 0 spiro atoms. The van der Waals surface area contributed by atoms with Crippen LogP contribution in [0.1, 0.15) is 40.4 Å². The fourth-order valence-corrected chi connectivity index (χ4v) is 4.73. The Morgan fingerprint density at radius 1 is 1.03 bits per heavy atom. The number of amides is 1. The van der Waals surface area contributed by atoms with E-state index in [9.17, 15) is 9.18 Å². The maximum atomic E-state index is 14.1. The van der Waals surface area contributed by atoms with Gasteiger partial charge >= 0.3 is 0 Å². The Balaban J connectivity index is 1.70. The molecule has 3 nitrogen and oxygen atoms in total. The van der Waals surface area contributed by atoms with Gasteiger partial charge in [-0.15, -0.1) is 0 Å². The fourth-order valence-electron chi connectivity index (χ4n) is 4.73. The molecule has 1 aliphatic heterocycles. The summed E-state index contributed by atoms with van der Waals surface area (Å²) in [4.78, 5) is 20.6. The van der Waals surface area contributed by atoms with E-state index in [1.54, 1.807) is 11.0 Å². The lowest BCUT2D eigenvalue weighted by molar-refractivity contribution is 0.0976. The van der Waals surface area contributed by atoms with Crippen molar-refractivity contribution in [1.82, 2.24) is 4.98 Å². The third-order valence-corrected chi connectivity index (χ3v) is 6.40. The molecule has 0 bridgehead atoms. The first-order valence-corrected chi connectivity index (χ1v) is 11.0. The zero-order valence-electron chi connectivity index (χ0n) is 18.5. The maximum absolute atomic E-state index is 14.1. The van der Waals surface area contributed by atoms with E-state index in [4.69, 9.17) is 4.98 Å². The van der Waals surface area contributed by atoms with Gasteiger partial charge in [-0.2, -0.15) is 0 Å². The average Bonchev–Trinajstić information content (AvgIpc) is 2.78. The van der Waals surface area contributed by atoms with Crippen molar-refractivity contribution in [2.75, 3.05) is 4.90 Å². The number of benzene rings is 3. The largest absolute Gasteiger partial charge is 0.305 e.